The zero-order valence-corrected chi connectivity index (χ0v) is 19.5. The van der Waals surface area contributed by atoms with Crippen molar-refractivity contribution in [3.63, 3.8) is 0 Å². The first-order valence-electron chi connectivity index (χ1n) is 11.8. The number of benzene rings is 2. The minimum Gasteiger partial charge on any atom is -0.367 e. The normalized spacial score (nSPS) is 15.9. The van der Waals surface area contributed by atoms with Gasteiger partial charge in [-0.3, -0.25) is 9.59 Å². The van der Waals surface area contributed by atoms with Gasteiger partial charge in [-0.2, -0.15) is 13.2 Å². The molecule has 2 aromatic carbocycles. The van der Waals surface area contributed by atoms with Crippen molar-refractivity contribution in [2.75, 3.05) is 37.6 Å². The largest absolute Gasteiger partial charge is 0.417 e. The zero-order valence-electron chi connectivity index (χ0n) is 19.5. The van der Waals surface area contributed by atoms with Gasteiger partial charge in [0.15, 0.2) is 0 Å². The summed E-state index contributed by atoms with van der Waals surface area (Å²) in [7, 11) is 0. The molecule has 0 bridgehead atoms. The number of piperazine rings is 1. The third-order valence-electron chi connectivity index (χ3n) is 6.71. The van der Waals surface area contributed by atoms with Crippen molar-refractivity contribution in [1.29, 1.82) is 0 Å². The van der Waals surface area contributed by atoms with Crippen molar-refractivity contribution < 1.29 is 22.8 Å². The van der Waals surface area contributed by atoms with Gasteiger partial charge in [0.05, 0.1) is 23.0 Å². The van der Waals surface area contributed by atoms with Crippen LogP contribution in [-0.4, -0.2) is 59.3 Å². The number of fused-ring (bicyclic) bond motifs is 1. The van der Waals surface area contributed by atoms with Crippen LogP contribution in [0.5, 0.6) is 0 Å². The number of amides is 2. The lowest BCUT2D eigenvalue weighted by molar-refractivity contribution is -0.138. The summed E-state index contributed by atoms with van der Waals surface area (Å²) in [6.07, 6.45) is -2.16. The third-order valence-corrected chi connectivity index (χ3v) is 6.71. The number of anilines is 1. The lowest BCUT2D eigenvalue weighted by Gasteiger charge is -2.36. The fourth-order valence-electron chi connectivity index (χ4n) is 4.76. The molecule has 3 heterocycles. The SMILES string of the molecule is O=C(c1ccccc1C(F)(F)F)N1CCN(c2cnc3c(c2)CN(CCc2ccccc2)C3=O)CC1. The molecule has 0 saturated carbocycles. The molecule has 2 aliphatic rings. The molecule has 6 nitrogen and oxygen atoms in total. The van der Waals surface area contributed by atoms with E-state index in [0.717, 1.165) is 23.7 Å². The Morgan fingerprint density at radius 1 is 0.944 bits per heavy atom. The Hall–Kier alpha value is -3.88. The van der Waals surface area contributed by atoms with E-state index in [1.807, 2.05) is 41.3 Å². The van der Waals surface area contributed by atoms with E-state index >= 15 is 0 Å². The molecule has 0 radical (unpaired) electrons. The number of hydrogen-bond donors (Lipinski definition) is 0. The summed E-state index contributed by atoms with van der Waals surface area (Å²) >= 11 is 0. The lowest BCUT2D eigenvalue weighted by Crippen LogP contribution is -2.49. The van der Waals surface area contributed by atoms with Crippen LogP contribution in [0.2, 0.25) is 0 Å². The van der Waals surface area contributed by atoms with E-state index in [1.165, 1.54) is 28.7 Å². The van der Waals surface area contributed by atoms with Crippen LogP contribution in [0.1, 0.15) is 37.5 Å². The Labute approximate surface area is 207 Å². The first-order chi connectivity index (χ1) is 17.3. The average molecular weight is 495 g/mol. The number of alkyl halides is 3. The van der Waals surface area contributed by atoms with Gasteiger partial charge in [0.2, 0.25) is 0 Å². The van der Waals surface area contributed by atoms with Gasteiger partial charge in [0, 0.05) is 44.8 Å². The van der Waals surface area contributed by atoms with Gasteiger partial charge in [-0.25, -0.2) is 4.98 Å². The Bertz CT molecular complexity index is 1270. The van der Waals surface area contributed by atoms with Gasteiger partial charge in [-0.15, -0.1) is 0 Å². The second-order valence-electron chi connectivity index (χ2n) is 8.99. The standard InChI is InChI=1S/C27H25F3N4O2/c28-27(29,30)23-9-5-4-8-22(23)25(35)33-14-12-32(13-15-33)21-16-20-18-34(26(36)24(20)31-17-21)11-10-19-6-2-1-3-7-19/h1-9,16-17H,10-15,18H2. The third kappa shape index (κ3) is 4.78. The molecule has 3 aromatic rings. The van der Waals surface area contributed by atoms with Crippen LogP contribution in [0.25, 0.3) is 0 Å². The Morgan fingerprint density at radius 3 is 2.36 bits per heavy atom. The summed E-state index contributed by atoms with van der Waals surface area (Å²) in [5.41, 5.74) is 2.09. The molecule has 0 N–H and O–H groups in total. The van der Waals surface area contributed by atoms with Gasteiger partial charge < -0.3 is 14.7 Å². The summed E-state index contributed by atoms with van der Waals surface area (Å²) in [6.45, 7) is 2.62. The van der Waals surface area contributed by atoms with Crippen molar-refractivity contribution in [3.8, 4) is 0 Å². The van der Waals surface area contributed by atoms with Crippen LogP contribution in [0, 0.1) is 0 Å². The maximum absolute atomic E-state index is 13.3. The van der Waals surface area contributed by atoms with Crippen molar-refractivity contribution in [3.05, 3.63) is 94.8 Å². The molecular weight excluding hydrogens is 469 g/mol. The maximum Gasteiger partial charge on any atom is 0.417 e. The summed E-state index contributed by atoms with van der Waals surface area (Å²) < 4.78 is 40.0. The van der Waals surface area contributed by atoms with Gasteiger partial charge in [-0.05, 0) is 30.2 Å². The zero-order chi connectivity index (χ0) is 25.3. The molecule has 1 fully saturated rings. The van der Waals surface area contributed by atoms with Gasteiger partial charge in [0.1, 0.15) is 5.69 Å². The van der Waals surface area contributed by atoms with Crippen molar-refractivity contribution >= 4 is 17.5 Å². The number of carbonyl (C=O) groups excluding carboxylic acids is 2. The van der Waals surface area contributed by atoms with E-state index in [2.05, 4.69) is 4.98 Å². The topological polar surface area (TPSA) is 56.8 Å². The molecule has 2 aliphatic heterocycles. The number of carbonyl (C=O) groups is 2. The number of hydrogen-bond acceptors (Lipinski definition) is 4. The number of nitrogens with zero attached hydrogens (tertiary/aromatic N) is 4. The van der Waals surface area contributed by atoms with Gasteiger partial charge in [0.25, 0.3) is 11.8 Å². The molecule has 5 rings (SSSR count). The van der Waals surface area contributed by atoms with E-state index in [4.69, 9.17) is 0 Å². The predicted molar refractivity (Wildman–Crippen MR) is 129 cm³/mol. The number of rotatable bonds is 5. The van der Waals surface area contributed by atoms with Gasteiger partial charge >= 0.3 is 6.18 Å². The molecule has 186 valence electrons. The number of halogens is 3. The first kappa shape index (κ1) is 23.8. The minimum atomic E-state index is -4.59. The van der Waals surface area contributed by atoms with E-state index < -0.39 is 17.6 Å². The predicted octanol–water partition coefficient (Wildman–Crippen LogP) is 4.26. The smallest absolute Gasteiger partial charge is 0.367 e. The molecule has 0 aliphatic carbocycles. The number of pyridine rings is 1. The van der Waals surface area contributed by atoms with E-state index in [-0.39, 0.29) is 11.5 Å². The monoisotopic (exact) mass is 494 g/mol. The first-order valence-corrected chi connectivity index (χ1v) is 11.8. The number of aromatic nitrogens is 1. The Kier molecular flexibility index (Phi) is 6.38. The molecule has 9 heteroatoms. The highest BCUT2D eigenvalue weighted by Gasteiger charge is 2.36. The van der Waals surface area contributed by atoms with Crippen LogP contribution < -0.4 is 4.90 Å². The average Bonchev–Trinajstić information content (AvgIpc) is 3.22. The Balaban J connectivity index is 1.22. The molecule has 0 spiro atoms. The molecule has 2 amide bonds. The molecule has 1 saturated heterocycles. The highest BCUT2D eigenvalue weighted by Crippen LogP contribution is 2.33. The fraction of sp³-hybridized carbons (Fsp3) is 0.296. The van der Waals surface area contributed by atoms with Crippen LogP contribution >= 0.6 is 0 Å². The molecule has 36 heavy (non-hydrogen) atoms. The second kappa shape index (κ2) is 9.64. The molecular formula is C27H25F3N4O2. The van der Waals surface area contributed by atoms with Crippen LogP contribution in [0.4, 0.5) is 18.9 Å². The summed E-state index contributed by atoms with van der Waals surface area (Å²) in [5.74, 6) is -0.694. The maximum atomic E-state index is 13.3. The second-order valence-corrected chi connectivity index (χ2v) is 8.99. The van der Waals surface area contributed by atoms with Crippen molar-refractivity contribution in [1.82, 2.24) is 14.8 Å². The van der Waals surface area contributed by atoms with Gasteiger partial charge in [-0.1, -0.05) is 42.5 Å². The molecule has 0 unspecified atom stereocenters. The van der Waals surface area contributed by atoms with E-state index in [1.54, 1.807) is 11.1 Å². The highest BCUT2D eigenvalue weighted by molar-refractivity contribution is 5.97. The van der Waals surface area contributed by atoms with E-state index in [0.29, 0.717) is 45.0 Å². The summed E-state index contributed by atoms with van der Waals surface area (Å²) in [4.78, 5) is 35.4. The lowest BCUT2D eigenvalue weighted by atomic mass is 10.1. The minimum absolute atomic E-state index is 0.0776. The van der Waals surface area contributed by atoms with Crippen LogP contribution in [0.3, 0.4) is 0 Å². The highest BCUT2D eigenvalue weighted by atomic mass is 19.4. The quantitative estimate of drug-likeness (QED) is 0.532. The fourth-order valence-corrected chi connectivity index (χ4v) is 4.76. The van der Waals surface area contributed by atoms with Crippen LogP contribution in [0.15, 0.2) is 66.9 Å². The summed E-state index contributed by atoms with van der Waals surface area (Å²) in [6, 6.07) is 16.8. The van der Waals surface area contributed by atoms with Crippen molar-refractivity contribution in [2.45, 2.75) is 19.1 Å². The Morgan fingerprint density at radius 2 is 1.64 bits per heavy atom. The van der Waals surface area contributed by atoms with Crippen LogP contribution in [-0.2, 0) is 19.1 Å². The molecule has 0 atom stereocenters. The van der Waals surface area contributed by atoms with E-state index in [9.17, 15) is 22.8 Å². The molecule has 1 aromatic heterocycles. The summed E-state index contributed by atoms with van der Waals surface area (Å²) in [5, 5.41) is 0. The van der Waals surface area contributed by atoms with Crippen molar-refractivity contribution in [2.24, 2.45) is 0 Å².